The molecular weight excluding hydrogens is 290 g/mol. The summed E-state index contributed by atoms with van der Waals surface area (Å²) in [6.45, 7) is 0. The molecule has 0 aliphatic carbocycles. The molecule has 1 aliphatic heterocycles. The third-order valence-corrected chi connectivity index (χ3v) is 4.15. The maximum absolute atomic E-state index is 12.0. The van der Waals surface area contributed by atoms with Crippen LogP contribution >= 0.6 is 11.8 Å². The zero-order chi connectivity index (χ0) is 15.4. The number of benzene rings is 1. The van der Waals surface area contributed by atoms with E-state index in [1.807, 2.05) is 18.2 Å². The van der Waals surface area contributed by atoms with Gasteiger partial charge in [-0.1, -0.05) is 18.2 Å². The van der Waals surface area contributed by atoms with Crippen LogP contribution < -0.4 is 5.32 Å². The molecule has 2 rings (SSSR count). The van der Waals surface area contributed by atoms with Crippen LogP contribution in [-0.2, 0) is 14.4 Å². The molecular formula is C14H17N3O3S. The fraction of sp³-hybridized carbons (Fsp3) is 0.357. The Labute approximate surface area is 127 Å². The minimum atomic E-state index is -0.485. The monoisotopic (exact) mass is 307 g/mol. The summed E-state index contributed by atoms with van der Waals surface area (Å²) in [4.78, 5) is 35.6. The summed E-state index contributed by atoms with van der Waals surface area (Å²) in [7, 11) is 3.29. The Morgan fingerprint density at radius 3 is 2.57 bits per heavy atom. The van der Waals surface area contributed by atoms with Crippen molar-refractivity contribution in [3.63, 3.8) is 0 Å². The Kier molecular flexibility index (Phi) is 4.98. The maximum atomic E-state index is 12.0. The van der Waals surface area contributed by atoms with Crippen molar-refractivity contribution in [2.45, 2.75) is 11.7 Å². The lowest BCUT2D eigenvalue weighted by atomic mass is 10.3. The molecule has 6 nitrogen and oxygen atoms in total. The number of rotatable bonds is 5. The lowest BCUT2D eigenvalue weighted by molar-refractivity contribution is -0.152. The maximum Gasteiger partial charge on any atom is 0.257 e. The molecule has 112 valence electrons. The van der Waals surface area contributed by atoms with E-state index < -0.39 is 5.25 Å². The van der Waals surface area contributed by atoms with Crippen molar-refractivity contribution in [1.82, 2.24) is 10.0 Å². The zero-order valence-corrected chi connectivity index (χ0v) is 12.7. The van der Waals surface area contributed by atoms with E-state index in [4.69, 9.17) is 0 Å². The van der Waals surface area contributed by atoms with Crippen LogP contribution in [0.5, 0.6) is 0 Å². The molecule has 7 heteroatoms. The van der Waals surface area contributed by atoms with Gasteiger partial charge in [-0.2, -0.15) is 0 Å². The fourth-order valence-corrected chi connectivity index (χ4v) is 2.96. The summed E-state index contributed by atoms with van der Waals surface area (Å²) < 4.78 is 0. The number of hydrogen-bond donors (Lipinski definition) is 1. The van der Waals surface area contributed by atoms with Crippen molar-refractivity contribution in [3.05, 3.63) is 30.3 Å². The number of carbonyl (C=O) groups is 3. The standard InChI is InChI=1S/C14H17N3O3S/c1-16(2)17-13(19)8-11(14(17)20)21-9-12(18)15-10-6-4-3-5-7-10/h3-7,11H,8-9H2,1-2H3,(H,15,18)/t11-/m0/s1. The third-order valence-electron chi connectivity index (χ3n) is 2.95. The summed E-state index contributed by atoms with van der Waals surface area (Å²) in [5, 5.41) is 4.85. The molecule has 0 bridgehead atoms. The van der Waals surface area contributed by atoms with Gasteiger partial charge < -0.3 is 5.32 Å². The molecule has 0 spiro atoms. The van der Waals surface area contributed by atoms with E-state index in [1.165, 1.54) is 16.8 Å². The van der Waals surface area contributed by atoms with Crippen molar-refractivity contribution in [1.29, 1.82) is 0 Å². The van der Waals surface area contributed by atoms with Gasteiger partial charge in [0.05, 0.1) is 11.0 Å². The number of anilines is 1. The van der Waals surface area contributed by atoms with Crippen LogP contribution in [0.4, 0.5) is 5.69 Å². The van der Waals surface area contributed by atoms with Crippen LogP contribution in [0.25, 0.3) is 0 Å². The third kappa shape index (κ3) is 3.83. The molecule has 1 heterocycles. The summed E-state index contributed by atoms with van der Waals surface area (Å²) >= 11 is 1.19. The summed E-state index contributed by atoms with van der Waals surface area (Å²) in [5.41, 5.74) is 0.715. The van der Waals surface area contributed by atoms with Gasteiger partial charge in [-0.15, -0.1) is 11.8 Å². The molecule has 3 amide bonds. The highest BCUT2D eigenvalue weighted by Crippen LogP contribution is 2.25. The van der Waals surface area contributed by atoms with Crippen LogP contribution in [0.3, 0.4) is 0 Å². The number of hydrazine groups is 1. The minimum absolute atomic E-state index is 0.139. The largest absolute Gasteiger partial charge is 0.325 e. The average molecular weight is 307 g/mol. The van der Waals surface area contributed by atoms with Gasteiger partial charge in [-0.25, -0.2) is 10.0 Å². The first-order chi connectivity index (χ1) is 9.99. The number of nitrogens with one attached hydrogen (secondary N) is 1. The lowest BCUT2D eigenvalue weighted by Gasteiger charge is -2.21. The van der Waals surface area contributed by atoms with Crippen LogP contribution in [0.15, 0.2) is 30.3 Å². The summed E-state index contributed by atoms with van der Waals surface area (Å²) in [6.07, 6.45) is 0.139. The highest BCUT2D eigenvalue weighted by molar-refractivity contribution is 8.01. The second-order valence-corrected chi connectivity index (χ2v) is 6.00. The molecule has 1 fully saturated rings. The first-order valence-electron chi connectivity index (χ1n) is 6.49. The number of nitrogens with zero attached hydrogens (tertiary/aromatic N) is 2. The Morgan fingerprint density at radius 1 is 1.33 bits per heavy atom. The number of thioether (sulfide) groups is 1. The van der Waals surface area contributed by atoms with Crippen molar-refractivity contribution < 1.29 is 14.4 Å². The Hall–Kier alpha value is -1.86. The molecule has 0 unspecified atom stereocenters. The quantitative estimate of drug-likeness (QED) is 0.821. The molecule has 21 heavy (non-hydrogen) atoms. The first kappa shape index (κ1) is 15.5. The predicted molar refractivity (Wildman–Crippen MR) is 81.5 cm³/mol. The number of carbonyl (C=O) groups excluding carboxylic acids is 3. The van der Waals surface area contributed by atoms with Crippen molar-refractivity contribution >= 4 is 35.2 Å². The van der Waals surface area contributed by atoms with Crippen molar-refractivity contribution in [3.8, 4) is 0 Å². The molecule has 0 radical (unpaired) electrons. The Morgan fingerprint density at radius 2 is 2.00 bits per heavy atom. The topological polar surface area (TPSA) is 69.7 Å². The smallest absolute Gasteiger partial charge is 0.257 e. The molecule has 1 aliphatic rings. The molecule has 1 aromatic rings. The van der Waals surface area contributed by atoms with E-state index in [0.717, 1.165) is 5.01 Å². The second kappa shape index (κ2) is 6.73. The van der Waals surface area contributed by atoms with Gasteiger partial charge in [0.25, 0.3) is 5.91 Å². The summed E-state index contributed by atoms with van der Waals surface area (Å²) in [6, 6.07) is 9.11. The van der Waals surface area contributed by atoms with Gasteiger partial charge in [0.1, 0.15) is 0 Å². The van der Waals surface area contributed by atoms with E-state index in [2.05, 4.69) is 5.32 Å². The normalized spacial score (nSPS) is 18.4. The molecule has 1 aromatic carbocycles. The van der Waals surface area contributed by atoms with Gasteiger partial charge in [-0.05, 0) is 12.1 Å². The number of amides is 3. The fourth-order valence-electron chi connectivity index (χ4n) is 2.04. The highest BCUT2D eigenvalue weighted by Gasteiger charge is 2.40. The molecule has 1 saturated heterocycles. The van der Waals surface area contributed by atoms with Crippen LogP contribution in [0.1, 0.15) is 6.42 Å². The van der Waals surface area contributed by atoms with Gasteiger partial charge in [0, 0.05) is 26.2 Å². The van der Waals surface area contributed by atoms with Crippen LogP contribution in [0.2, 0.25) is 0 Å². The Bertz CT molecular complexity index is 548. The SMILES string of the molecule is CN(C)N1C(=O)C[C@H](SCC(=O)Nc2ccccc2)C1=O. The van der Waals surface area contributed by atoms with E-state index in [1.54, 1.807) is 26.2 Å². The van der Waals surface area contributed by atoms with Gasteiger partial charge in [-0.3, -0.25) is 14.4 Å². The van der Waals surface area contributed by atoms with Gasteiger partial charge in [0.2, 0.25) is 11.8 Å². The minimum Gasteiger partial charge on any atom is -0.325 e. The molecule has 1 N–H and O–H groups in total. The molecule has 0 aromatic heterocycles. The Balaban J connectivity index is 1.85. The van der Waals surface area contributed by atoms with E-state index >= 15 is 0 Å². The molecule has 1 atom stereocenters. The first-order valence-corrected chi connectivity index (χ1v) is 7.54. The van der Waals surface area contributed by atoms with E-state index in [0.29, 0.717) is 5.69 Å². The van der Waals surface area contributed by atoms with E-state index in [9.17, 15) is 14.4 Å². The number of imide groups is 1. The number of hydrogen-bond acceptors (Lipinski definition) is 5. The van der Waals surface area contributed by atoms with E-state index in [-0.39, 0.29) is 29.9 Å². The van der Waals surface area contributed by atoms with Crippen molar-refractivity contribution in [2.75, 3.05) is 25.2 Å². The molecule has 0 saturated carbocycles. The zero-order valence-electron chi connectivity index (χ0n) is 11.9. The number of para-hydroxylation sites is 1. The predicted octanol–water partition coefficient (Wildman–Crippen LogP) is 0.962. The van der Waals surface area contributed by atoms with Crippen LogP contribution in [0, 0.1) is 0 Å². The van der Waals surface area contributed by atoms with Gasteiger partial charge >= 0.3 is 0 Å². The second-order valence-electron chi connectivity index (χ2n) is 4.81. The lowest BCUT2D eigenvalue weighted by Crippen LogP contribution is -2.42. The van der Waals surface area contributed by atoms with Crippen LogP contribution in [-0.4, -0.2) is 52.8 Å². The highest BCUT2D eigenvalue weighted by atomic mass is 32.2. The average Bonchev–Trinajstić information content (AvgIpc) is 2.72. The van der Waals surface area contributed by atoms with Crippen molar-refractivity contribution in [2.24, 2.45) is 0 Å². The van der Waals surface area contributed by atoms with Gasteiger partial charge in [0.15, 0.2) is 0 Å². The summed E-state index contributed by atoms with van der Waals surface area (Å²) in [5.74, 6) is -0.539.